The van der Waals surface area contributed by atoms with E-state index < -0.39 is 0 Å². The Morgan fingerprint density at radius 2 is 2.05 bits per heavy atom. The van der Waals surface area contributed by atoms with Crippen LogP contribution in [0.2, 0.25) is 5.02 Å². The highest BCUT2D eigenvalue weighted by Crippen LogP contribution is 2.33. The molecule has 0 aliphatic carbocycles. The molecule has 6 heteroatoms. The number of carbonyl (C=O) groups excluding carboxylic acids is 1. The van der Waals surface area contributed by atoms with Crippen molar-refractivity contribution in [1.82, 2.24) is 0 Å². The molecule has 1 amide bonds. The van der Waals surface area contributed by atoms with Crippen LogP contribution in [0.1, 0.15) is 0 Å². The van der Waals surface area contributed by atoms with Gasteiger partial charge in [0.25, 0.3) is 0 Å². The number of nitrogen functional groups attached to an aromatic ring is 1. The molecule has 0 radical (unpaired) electrons. The number of nitrogens with zero attached hydrogens (tertiary/aromatic N) is 1. The highest BCUT2D eigenvalue weighted by atomic mass is 35.5. The Labute approximate surface area is 133 Å². The lowest BCUT2D eigenvalue weighted by Crippen LogP contribution is -2.38. The maximum absolute atomic E-state index is 12.2. The Hall–Kier alpha value is -2.40. The van der Waals surface area contributed by atoms with E-state index in [-0.39, 0.29) is 12.5 Å². The standard InChI is InChI=1S/C16H16ClN3O2/c17-11-1-4-13(5-2-11)19-16(21)10-20-7-8-22-15-6-3-12(18)9-14(15)20/h1-6,9H,7-8,10,18H2,(H,19,21). The highest BCUT2D eigenvalue weighted by molar-refractivity contribution is 6.30. The van der Waals surface area contributed by atoms with Crippen molar-refractivity contribution < 1.29 is 9.53 Å². The van der Waals surface area contributed by atoms with Gasteiger partial charge in [0.1, 0.15) is 12.4 Å². The van der Waals surface area contributed by atoms with Gasteiger partial charge in [0.15, 0.2) is 0 Å². The maximum atomic E-state index is 12.2. The Morgan fingerprint density at radius 3 is 2.82 bits per heavy atom. The Morgan fingerprint density at radius 1 is 1.27 bits per heavy atom. The first-order chi connectivity index (χ1) is 10.6. The van der Waals surface area contributed by atoms with E-state index in [0.29, 0.717) is 23.9 Å². The molecule has 2 aromatic carbocycles. The first kappa shape index (κ1) is 14.5. The van der Waals surface area contributed by atoms with Crippen molar-refractivity contribution in [2.75, 3.05) is 35.6 Å². The predicted octanol–water partition coefficient (Wildman–Crippen LogP) is 2.76. The molecule has 1 aliphatic heterocycles. The van der Waals surface area contributed by atoms with Crippen LogP contribution in [0, 0.1) is 0 Å². The normalized spacial score (nSPS) is 13.2. The summed E-state index contributed by atoms with van der Waals surface area (Å²) in [6, 6.07) is 12.5. The molecule has 0 atom stereocenters. The third-order valence-corrected chi connectivity index (χ3v) is 3.66. The van der Waals surface area contributed by atoms with Gasteiger partial charge in [-0.05, 0) is 42.5 Å². The van der Waals surface area contributed by atoms with E-state index in [2.05, 4.69) is 5.32 Å². The van der Waals surface area contributed by atoms with Crippen LogP contribution in [-0.4, -0.2) is 25.6 Å². The van der Waals surface area contributed by atoms with Gasteiger partial charge in [-0.2, -0.15) is 0 Å². The molecule has 0 aromatic heterocycles. The number of nitrogens with one attached hydrogen (secondary N) is 1. The molecule has 0 saturated carbocycles. The summed E-state index contributed by atoms with van der Waals surface area (Å²) < 4.78 is 5.58. The summed E-state index contributed by atoms with van der Waals surface area (Å²) in [6.45, 7) is 1.43. The van der Waals surface area contributed by atoms with Crippen molar-refractivity contribution in [1.29, 1.82) is 0 Å². The first-order valence-electron chi connectivity index (χ1n) is 6.94. The van der Waals surface area contributed by atoms with E-state index in [1.165, 1.54) is 0 Å². The van der Waals surface area contributed by atoms with Gasteiger partial charge in [0.05, 0.1) is 18.8 Å². The van der Waals surface area contributed by atoms with Gasteiger partial charge in [-0.1, -0.05) is 11.6 Å². The summed E-state index contributed by atoms with van der Waals surface area (Å²) >= 11 is 5.83. The number of fused-ring (bicyclic) bond motifs is 1. The zero-order chi connectivity index (χ0) is 15.5. The average molecular weight is 318 g/mol. The molecule has 0 fully saturated rings. The average Bonchev–Trinajstić information content (AvgIpc) is 2.50. The number of anilines is 3. The predicted molar refractivity (Wildman–Crippen MR) is 88.6 cm³/mol. The zero-order valence-electron chi connectivity index (χ0n) is 11.9. The second-order valence-corrected chi connectivity index (χ2v) is 5.49. The number of hydrogen-bond acceptors (Lipinski definition) is 4. The molecule has 3 N–H and O–H groups in total. The largest absolute Gasteiger partial charge is 0.490 e. The van der Waals surface area contributed by atoms with Crippen molar-refractivity contribution in [3.63, 3.8) is 0 Å². The van der Waals surface area contributed by atoms with Gasteiger partial charge in [-0.15, -0.1) is 0 Å². The molecule has 114 valence electrons. The molecule has 5 nitrogen and oxygen atoms in total. The molecule has 22 heavy (non-hydrogen) atoms. The first-order valence-corrected chi connectivity index (χ1v) is 7.32. The number of ether oxygens (including phenoxy) is 1. The van der Waals surface area contributed by atoms with Crippen molar-refractivity contribution in [2.24, 2.45) is 0 Å². The third kappa shape index (κ3) is 3.26. The van der Waals surface area contributed by atoms with Gasteiger partial charge in [-0.3, -0.25) is 4.79 Å². The van der Waals surface area contributed by atoms with Gasteiger partial charge < -0.3 is 20.7 Å². The second-order valence-electron chi connectivity index (χ2n) is 5.05. The van der Waals surface area contributed by atoms with Crippen LogP contribution in [0.25, 0.3) is 0 Å². The van der Waals surface area contributed by atoms with E-state index in [4.69, 9.17) is 22.1 Å². The lowest BCUT2D eigenvalue weighted by atomic mass is 10.2. The van der Waals surface area contributed by atoms with E-state index in [1.54, 1.807) is 30.3 Å². The van der Waals surface area contributed by atoms with Crippen LogP contribution >= 0.6 is 11.6 Å². The van der Waals surface area contributed by atoms with E-state index in [9.17, 15) is 4.79 Å². The van der Waals surface area contributed by atoms with E-state index in [0.717, 1.165) is 17.1 Å². The Balaban J connectivity index is 1.70. The van der Waals surface area contributed by atoms with Crippen LogP contribution in [0.4, 0.5) is 17.1 Å². The van der Waals surface area contributed by atoms with Crippen molar-refractivity contribution in [2.45, 2.75) is 0 Å². The van der Waals surface area contributed by atoms with Gasteiger partial charge in [-0.25, -0.2) is 0 Å². The SMILES string of the molecule is Nc1ccc2c(c1)N(CC(=O)Nc1ccc(Cl)cc1)CCO2. The number of benzene rings is 2. The summed E-state index contributed by atoms with van der Waals surface area (Å²) in [5.41, 5.74) is 8.03. The van der Waals surface area contributed by atoms with Crippen LogP contribution in [0.3, 0.4) is 0 Å². The topological polar surface area (TPSA) is 67.6 Å². The second kappa shape index (κ2) is 6.15. The molecule has 1 aliphatic rings. The minimum absolute atomic E-state index is 0.0994. The van der Waals surface area contributed by atoms with Crippen molar-refractivity contribution >= 4 is 34.6 Å². The smallest absolute Gasteiger partial charge is 0.243 e. The van der Waals surface area contributed by atoms with Gasteiger partial charge >= 0.3 is 0 Å². The van der Waals surface area contributed by atoms with Crippen LogP contribution in [-0.2, 0) is 4.79 Å². The summed E-state index contributed by atoms with van der Waals surface area (Å²) in [5, 5.41) is 3.49. The van der Waals surface area contributed by atoms with E-state index in [1.807, 2.05) is 17.0 Å². The van der Waals surface area contributed by atoms with Gasteiger partial charge in [0.2, 0.25) is 5.91 Å². The molecule has 1 heterocycles. The number of nitrogens with two attached hydrogens (primary N) is 1. The molecule has 0 bridgehead atoms. The molecular formula is C16H16ClN3O2. The summed E-state index contributed by atoms with van der Waals surface area (Å²) in [7, 11) is 0. The fourth-order valence-corrected chi connectivity index (χ4v) is 2.49. The summed E-state index contributed by atoms with van der Waals surface area (Å²) in [4.78, 5) is 14.2. The monoisotopic (exact) mass is 317 g/mol. The molecular weight excluding hydrogens is 302 g/mol. The quantitative estimate of drug-likeness (QED) is 0.854. The maximum Gasteiger partial charge on any atom is 0.243 e. The summed E-state index contributed by atoms with van der Waals surface area (Å²) in [6.07, 6.45) is 0. The molecule has 0 unspecified atom stereocenters. The fourth-order valence-electron chi connectivity index (χ4n) is 2.36. The van der Waals surface area contributed by atoms with Gasteiger partial charge in [0, 0.05) is 16.4 Å². The zero-order valence-corrected chi connectivity index (χ0v) is 12.6. The minimum atomic E-state index is -0.0994. The lowest BCUT2D eigenvalue weighted by molar-refractivity contribution is -0.115. The Kier molecular flexibility index (Phi) is 4.06. The van der Waals surface area contributed by atoms with Crippen molar-refractivity contribution in [3.8, 4) is 5.75 Å². The van der Waals surface area contributed by atoms with E-state index >= 15 is 0 Å². The van der Waals surface area contributed by atoms with Crippen molar-refractivity contribution in [3.05, 3.63) is 47.5 Å². The number of halogens is 1. The third-order valence-electron chi connectivity index (χ3n) is 3.40. The lowest BCUT2D eigenvalue weighted by Gasteiger charge is -2.30. The minimum Gasteiger partial charge on any atom is -0.490 e. The molecule has 3 rings (SSSR count). The number of amides is 1. The van der Waals surface area contributed by atoms with Crippen LogP contribution in [0.5, 0.6) is 5.75 Å². The van der Waals surface area contributed by atoms with Crippen LogP contribution < -0.4 is 20.7 Å². The molecule has 0 spiro atoms. The number of rotatable bonds is 3. The molecule has 0 saturated heterocycles. The summed E-state index contributed by atoms with van der Waals surface area (Å²) in [5.74, 6) is 0.650. The number of hydrogen-bond donors (Lipinski definition) is 2. The highest BCUT2D eigenvalue weighted by Gasteiger charge is 2.20. The number of carbonyl (C=O) groups is 1. The fraction of sp³-hybridized carbons (Fsp3) is 0.188. The molecule has 2 aromatic rings. The Bertz CT molecular complexity index is 688. The van der Waals surface area contributed by atoms with Crippen LogP contribution in [0.15, 0.2) is 42.5 Å².